The van der Waals surface area contributed by atoms with Crippen molar-refractivity contribution in [3.8, 4) is 0 Å². The first-order valence-corrected chi connectivity index (χ1v) is 12.8. The number of hydrogen-bond donors (Lipinski definition) is 3. The third-order valence-electron chi connectivity index (χ3n) is 9.45. The predicted octanol–water partition coefficient (Wildman–Crippen LogP) is 4.90. The molecule has 0 aromatic heterocycles. The van der Waals surface area contributed by atoms with Crippen LogP contribution in [0.2, 0.25) is 0 Å². The van der Waals surface area contributed by atoms with Crippen molar-refractivity contribution >= 4 is 5.78 Å². The standard InChI is InChI=1S/C27H46O4/c1-17(2)7-6-8-18(3)21-9-10-22(26(21,4)13-14-28)20-16-24(30)23-15-19(29)11-12-27(23,5)25(20)31/h16-19,21-24,28-30H,6-15H2,1-5H3/t18?,19-,21+,22-,23+,24+,26+,27-/m0/s1. The molecule has 0 bridgehead atoms. The number of ketones is 1. The van der Waals surface area contributed by atoms with Crippen molar-refractivity contribution in [3.63, 3.8) is 0 Å². The molecule has 1 unspecified atom stereocenters. The number of hydrogen-bond acceptors (Lipinski definition) is 4. The maximum atomic E-state index is 13.8. The SMILES string of the molecule is CC(C)CCCC(C)[C@H]1CC[C@@H](C2=C[C@@H](O)[C@H]3C[C@@H](O)CC[C@]3(C)C2=O)[C@]1(C)CCO. The molecule has 3 aliphatic rings. The second kappa shape index (κ2) is 9.65. The third-order valence-corrected chi connectivity index (χ3v) is 9.45. The van der Waals surface area contributed by atoms with Crippen LogP contribution in [0.4, 0.5) is 0 Å². The van der Waals surface area contributed by atoms with E-state index in [1.54, 1.807) is 0 Å². The number of rotatable bonds is 8. The van der Waals surface area contributed by atoms with E-state index in [4.69, 9.17) is 0 Å². The third kappa shape index (κ3) is 4.68. The molecule has 178 valence electrons. The lowest BCUT2D eigenvalue weighted by Crippen LogP contribution is -2.52. The summed E-state index contributed by atoms with van der Waals surface area (Å²) in [4.78, 5) is 13.8. The van der Waals surface area contributed by atoms with Gasteiger partial charge < -0.3 is 15.3 Å². The summed E-state index contributed by atoms with van der Waals surface area (Å²) in [6.45, 7) is 11.3. The molecule has 0 heterocycles. The van der Waals surface area contributed by atoms with Crippen LogP contribution in [0.3, 0.4) is 0 Å². The minimum atomic E-state index is -0.673. The Hall–Kier alpha value is -0.710. The van der Waals surface area contributed by atoms with Gasteiger partial charge in [0.05, 0.1) is 12.2 Å². The Morgan fingerprint density at radius 1 is 1.10 bits per heavy atom. The first-order chi connectivity index (χ1) is 14.5. The van der Waals surface area contributed by atoms with Crippen LogP contribution in [0.25, 0.3) is 0 Å². The Kier molecular flexibility index (Phi) is 7.76. The van der Waals surface area contributed by atoms with Gasteiger partial charge in [-0.25, -0.2) is 0 Å². The van der Waals surface area contributed by atoms with Crippen molar-refractivity contribution in [3.05, 3.63) is 11.6 Å². The summed E-state index contributed by atoms with van der Waals surface area (Å²) in [7, 11) is 0. The average Bonchev–Trinajstić information content (AvgIpc) is 3.03. The van der Waals surface area contributed by atoms with Crippen molar-refractivity contribution in [1.82, 2.24) is 0 Å². The number of carbonyl (C=O) groups is 1. The van der Waals surface area contributed by atoms with Crippen molar-refractivity contribution in [2.75, 3.05) is 6.61 Å². The number of aliphatic hydroxyl groups excluding tert-OH is 3. The second-order valence-corrected chi connectivity index (χ2v) is 11.9. The molecule has 4 heteroatoms. The summed E-state index contributed by atoms with van der Waals surface area (Å²) in [5, 5.41) is 31.1. The number of aliphatic hydroxyl groups is 3. The number of carbonyl (C=O) groups excluding carboxylic acids is 1. The lowest BCUT2D eigenvalue weighted by atomic mass is 9.55. The zero-order valence-electron chi connectivity index (χ0n) is 20.4. The van der Waals surface area contributed by atoms with Gasteiger partial charge in [0.15, 0.2) is 5.78 Å². The quantitative estimate of drug-likeness (QED) is 0.508. The van der Waals surface area contributed by atoms with Crippen LogP contribution in [-0.2, 0) is 4.79 Å². The molecule has 0 spiro atoms. The molecule has 2 fully saturated rings. The highest BCUT2D eigenvalue weighted by molar-refractivity contribution is 6.01. The molecule has 0 amide bonds. The molecule has 0 saturated heterocycles. The fourth-order valence-corrected chi connectivity index (χ4v) is 7.46. The van der Waals surface area contributed by atoms with Gasteiger partial charge in [-0.05, 0) is 79.3 Å². The molecular formula is C27H46O4. The summed E-state index contributed by atoms with van der Waals surface area (Å²) in [6, 6.07) is 0. The molecule has 2 saturated carbocycles. The molecule has 0 aromatic carbocycles. The molecule has 3 rings (SSSR count). The lowest BCUT2D eigenvalue weighted by molar-refractivity contribution is -0.138. The zero-order chi connectivity index (χ0) is 23.0. The van der Waals surface area contributed by atoms with Gasteiger partial charge in [-0.15, -0.1) is 0 Å². The summed E-state index contributed by atoms with van der Waals surface area (Å²) in [5.41, 5.74) is 0.115. The first kappa shape index (κ1) is 24.9. The monoisotopic (exact) mass is 434 g/mol. The summed E-state index contributed by atoms with van der Waals surface area (Å²) < 4.78 is 0. The highest BCUT2D eigenvalue weighted by Gasteiger charge is 2.56. The predicted molar refractivity (Wildman–Crippen MR) is 124 cm³/mol. The minimum Gasteiger partial charge on any atom is -0.396 e. The lowest BCUT2D eigenvalue weighted by Gasteiger charge is -2.49. The van der Waals surface area contributed by atoms with E-state index in [9.17, 15) is 20.1 Å². The Bertz CT molecular complexity index is 670. The number of Topliss-reactive ketones (excluding diaryl/α,β-unsaturated/α-hetero) is 1. The van der Waals surface area contributed by atoms with E-state index in [-0.39, 0.29) is 29.6 Å². The zero-order valence-corrected chi connectivity index (χ0v) is 20.4. The first-order valence-electron chi connectivity index (χ1n) is 12.8. The molecular weight excluding hydrogens is 388 g/mol. The molecule has 0 aromatic rings. The molecule has 0 radical (unpaired) electrons. The molecule has 3 aliphatic carbocycles. The van der Waals surface area contributed by atoms with Gasteiger partial charge in [-0.3, -0.25) is 4.79 Å². The van der Waals surface area contributed by atoms with Gasteiger partial charge in [0, 0.05) is 17.9 Å². The highest BCUT2D eigenvalue weighted by Crippen LogP contribution is 2.59. The van der Waals surface area contributed by atoms with E-state index in [1.807, 2.05) is 13.0 Å². The average molecular weight is 435 g/mol. The fraction of sp³-hybridized carbons (Fsp3) is 0.889. The molecule has 31 heavy (non-hydrogen) atoms. The normalized spacial score (nSPS) is 41.9. The Labute approximate surface area is 189 Å². The van der Waals surface area contributed by atoms with Crippen LogP contribution >= 0.6 is 0 Å². The molecule has 3 N–H and O–H groups in total. The summed E-state index contributed by atoms with van der Waals surface area (Å²) >= 11 is 0. The van der Waals surface area contributed by atoms with Crippen LogP contribution < -0.4 is 0 Å². The van der Waals surface area contributed by atoms with E-state index >= 15 is 0 Å². The van der Waals surface area contributed by atoms with Crippen LogP contribution in [-0.4, -0.2) is 39.9 Å². The van der Waals surface area contributed by atoms with Crippen LogP contribution in [0.15, 0.2) is 11.6 Å². The van der Waals surface area contributed by atoms with Gasteiger partial charge >= 0.3 is 0 Å². The van der Waals surface area contributed by atoms with Gasteiger partial charge in [0.2, 0.25) is 0 Å². The Morgan fingerprint density at radius 3 is 2.45 bits per heavy atom. The molecule has 4 nitrogen and oxygen atoms in total. The van der Waals surface area contributed by atoms with Crippen molar-refractivity contribution in [2.24, 2.45) is 40.4 Å². The van der Waals surface area contributed by atoms with E-state index in [0.717, 1.165) is 24.3 Å². The van der Waals surface area contributed by atoms with E-state index in [0.29, 0.717) is 37.5 Å². The topological polar surface area (TPSA) is 77.8 Å². The van der Waals surface area contributed by atoms with Crippen LogP contribution in [0.5, 0.6) is 0 Å². The van der Waals surface area contributed by atoms with Gasteiger partial charge in [-0.2, -0.15) is 0 Å². The van der Waals surface area contributed by atoms with Crippen molar-refractivity contribution in [1.29, 1.82) is 0 Å². The number of fused-ring (bicyclic) bond motifs is 1. The smallest absolute Gasteiger partial charge is 0.165 e. The fourth-order valence-electron chi connectivity index (χ4n) is 7.46. The maximum Gasteiger partial charge on any atom is 0.165 e. The Balaban J connectivity index is 1.85. The van der Waals surface area contributed by atoms with Gasteiger partial charge in [-0.1, -0.05) is 53.9 Å². The van der Waals surface area contributed by atoms with E-state index < -0.39 is 17.6 Å². The van der Waals surface area contributed by atoms with E-state index in [1.165, 1.54) is 19.3 Å². The van der Waals surface area contributed by atoms with Crippen molar-refractivity contribution in [2.45, 2.75) is 105 Å². The van der Waals surface area contributed by atoms with Crippen molar-refractivity contribution < 1.29 is 20.1 Å². The summed E-state index contributed by atoms with van der Waals surface area (Å²) in [6.07, 6.45) is 8.95. The Morgan fingerprint density at radius 2 is 1.81 bits per heavy atom. The largest absolute Gasteiger partial charge is 0.396 e. The maximum absolute atomic E-state index is 13.8. The van der Waals surface area contributed by atoms with Crippen LogP contribution in [0.1, 0.15) is 92.4 Å². The second-order valence-electron chi connectivity index (χ2n) is 11.9. The molecule has 0 aliphatic heterocycles. The van der Waals surface area contributed by atoms with E-state index in [2.05, 4.69) is 27.7 Å². The summed E-state index contributed by atoms with van der Waals surface area (Å²) in [5.74, 6) is 1.88. The van der Waals surface area contributed by atoms with Gasteiger partial charge in [0.25, 0.3) is 0 Å². The minimum absolute atomic E-state index is 0.101. The van der Waals surface area contributed by atoms with Crippen LogP contribution in [0, 0.1) is 40.4 Å². The number of allylic oxidation sites excluding steroid dienone is 1. The molecule has 8 atom stereocenters. The van der Waals surface area contributed by atoms with Gasteiger partial charge in [0.1, 0.15) is 0 Å². The highest BCUT2D eigenvalue weighted by atomic mass is 16.3.